The topological polar surface area (TPSA) is 60.8 Å². The van der Waals surface area contributed by atoms with Gasteiger partial charge in [-0.25, -0.2) is 9.78 Å². The van der Waals surface area contributed by atoms with E-state index < -0.39 is 58.9 Å². The van der Waals surface area contributed by atoms with Crippen molar-refractivity contribution in [2.24, 2.45) is 5.16 Å². The third-order valence-corrected chi connectivity index (χ3v) is 4.97. The highest BCUT2D eigenvalue weighted by Crippen LogP contribution is 2.50. The maximum Gasteiger partial charge on any atom is 0.435 e. The monoisotopic (exact) mass is 556 g/mol. The number of hydrogen-bond acceptors (Lipinski definition) is 5. The Labute approximate surface area is 211 Å². The van der Waals surface area contributed by atoms with Crippen molar-refractivity contribution in [1.29, 1.82) is 0 Å². The first-order valence-electron chi connectivity index (χ1n) is 10.2. The highest BCUT2D eigenvalue weighted by molar-refractivity contribution is 6.01. The zero-order valence-electron chi connectivity index (χ0n) is 19.2. The number of aromatic nitrogens is 1. The van der Waals surface area contributed by atoms with Gasteiger partial charge in [0.2, 0.25) is 0 Å². The molecule has 1 unspecified atom stereocenters. The summed E-state index contributed by atoms with van der Waals surface area (Å²) in [4.78, 5) is 20.1. The lowest BCUT2D eigenvalue weighted by molar-refractivity contribution is -0.276. The fraction of sp³-hybridized carbons (Fsp3) is 0.375. The van der Waals surface area contributed by atoms with Crippen molar-refractivity contribution in [3.05, 3.63) is 64.0 Å². The molecule has 0 radical (unpaired) electrons. The van der Waals surface area contributed by atoms with Crippen molar-refractivity contribution in [2.45, 2.75) is 51.8 Å². The predicted molar refractivity (Wildman–Crippen MR) is 118 cm³/mol. The summed E-state index contributed by atoms with van der Waals surface area (Å²) < 4.78 is 126. The summed E-state index contributed by atoms with van der Waals surface area (Å²) >= 11 is 0. The van der Waals surface area contributed by atoms with Crippen molar-refractivity contribution in [3.8, 4) is 12.3 Å². The van der Waals surface area contributed by atoms with Gasteiger partial charge in [-0.2, -0.15) is 39.5 Å². The fourth-order valence-electron chi connectivity index (χ4n) is 3.23. The Morgan fingerprint density at radius 2 is 1.53 bits per heavy atom. The summed E-state index contributed by atoms with van der Waals surface area (Å²) in [6, 6.07) is 1.61. The van der Waals surface area contributed by atoms with Gasteiger partial charge in [-0.05, 0) is 36.3 Å². The second-order valence-electron chi connectivity index (χ2n) is 7.15. The van der Waals surface area contributed by atoms with Crippen molar-refractivity contribution in [2.75, 3.05) is 7.11 Å². The van der Waals surface area contributed by atoms with E-state index in [-0.39, 0.29) is 42.6 Å². The molecule has 0 N–H and O–H groups in total. The Hall–Kier alpha value is -3.76. The smallest absolute Gasteiger partial charge is 0.435 e. The first-order chi connectivity index (χ1) is 17.0. The molecule has 0 saturated carbocycles. The Balaban J connectivity index is 0.00000235. The van der Waals surface area contributed by atoms with Gasteiger partial charge in [-0.3, -0.25) is 0 Å². The number of hydrogen-bond donors (Lipinski definition) is 0. The zero-order chi connectivity index (χ0) is 28.4. The van der Waals surface area contributed by atoms with E-state index in [1.165, 1.54) is 0 Å². The van der Waals surface area contributed by atoms with E-state index in [0.29, 0.717) is 0 Å². The highest BCUT2D eigenvalue weighted by Gasteiger charge is 2.63. The lowest BCUT2D eigenvalue weighted by Gasteiger charge is -2.30. The SMILES string of the molecule is C.C#Cc1nc(C2=NOC(c3cc(C(F)(F)F)cc(C(F)(F)F)c3)(C(F)(F)F)C2)ccc1C(=O)OC.CC. The van der Waals surface area contributed by atoms with Crippen molar-refractivity contribution < 1.29 is 53.9 Å². The van der Waals surface area contributed by atoms with Crippen LogP contribution in [0.2, 0.25) is 0 Å². The van der Waals surface area contributed by atoms with E-state index in [9.17, 15) is 44.3 Å². The Bertz CT molecular complexity index is 1210. The van der Waals surface area contributed by atoms with Gasteiger partial charge < -0.3 is 9.57 Å². The molecular weight excluding hydrogens is 535 g/mol. The summed E-state index contributed by atoms with van der Waals surface area (Å²) in [5.41, 5.74) is -10.6. The molecule has 14 heteroatoms. The molecule has 2 heterocycles. The van der Waals surface area contributed by atoms with Crippen LogP contribution in [-0.4, -0.2) is 30.0 Å². The molecule has 1 aliphatic heterocycles. The largest absolute Gasteiger partial charge is 0.465 e. The highest BCUT2D eigenvalue weighted by atomic mass is 19.4. The van der Waals surface area contributed by atoms with Crippen LogP contribution >= 0.6 is 0 Å². The molecule has 38 heavy (non-hydrogen) atoms. The lowest BCUT2D eigenvalue weighted by Crippen LogP contribution is -2.43. The van der Waals surface area contributed by atoms with E-state index in [1.807, 2.05) is 19.8 Å². The third-order valence-electron chi connectivity index (χ3n) is 4.97. The minimum atomic E-state index is -5.51. The summed E-state index contributed by atoms with van der Waals surface area (Å²) in [5.74, 6) is 1.12. The maximum absolute atomic E-state index is 14.1. The second-order valence-corrected chi connectivity index (χ2v) is 7.15. The van der Waals surface area contributed by atoms with Gasteiger partial charge in [0, 0.05) is 5.56 Å². The molecule has 1 aromatic heterocycles. The first kappa shape index (κ1) is 32.3. The van der Waals surface area contributed by atoms with Gasteiger partial charge >= 0.3 is 24.5 Å². The van der Waals surface area contributed by atoms with Crippen LogP contribution < -0.4 is 0 Å². The summed E-state index contributed by atoms with van der Waals surface area (Å²) in [6.07, 6.45) is -12.4. The number of terminal acetylenes is 1. The van der Waals surface area contributed by atoms with E-state index in [4.69, 9.17) is 6.42 Å². The Morgan fingerprint density at radius 1 is 1.00 bits per heavy atom. The molecule has 208 valence electrons. The summed E-state index contributed by atoms with van der Waals surface area (Å²) in [6.45, 7) is 4.00. The van der Waals surface area contributed by atoms with Gasteiger partial charge in [0.05, 0.1) is 35.9 Å². The van der Waals surface area contributed by atoms with Crippen LogP contribution in [0.4, 0.5) is 39.5 Å². The molecular formula is C24H21F9N2O3. The third kappa shape index (κ3) is 6.20. The van der Waals surface area contributed by atoms with Gasteiger partial charge in [0.15, 0.2) is 0 Å². The predicted octanol–water partition coefficient (Wildman–Crippen LogP) is 7.13. The molecule has 1 atom stereocenters. The van der Waals surface area contributed by atoms with Crippen LogP contribution in [0.15, 0.2) is 35.5 Å². The number of carbonyl (C=O) groups excluding carboxylic acids is 1. The van der Waals surface area contributed by atoms with Crippen LogP contribution in [0.5, 0.6) is 0 Å². The van der Waals surface area contributed by atoms with Crippen molar-refractivity contribution in [3.63, 3.8) is 0 Å². The lowest BCUT2D eigenvalue weighted by atomic mass is 9.85. The quantitative estimate of drug-likeness (QED) is 0.229. The zero-order valence-corrected chi connectivity index (χ0v) is 19.2. The number of pyridine rings is 1. The number of ether oxygens (including phenoxy) is 1. The van der Waals surface area contributed by atoms with Crippen LogP contribution in [0.3, 0.4) is 0 Å². The number of benzene rings is 1. The number of esters is 1. The molecule has 0 fully saturated rings. The normalized spacial score (nSPS) is 17.2. The molecule has 3 rings (SSSR count). The van der Waals surface area contributed by atoms with Crippen molar-refractivity contribution in [1.82, 2.24) is 4.98 Å². The van der Waals surface area contributed by atoms with Gasteiger partial charge in [-0.15, -0.1) is 6.42 Å². The van der Waals surface area contributed by atoms with Crippen LogP contribution in [0.25, 0.3) is 0 Å². The van der Waals surface area contributed by atoms with Gasteiger partial charge in [0.25, 0.3) is 5.60 Å². The average molecular weight is 556 g/mol. The number of oxime groups is 1. The summed E-state index contributed by atoms with van der Waals surface area (Å²) in [7, 11) is 1.04. The van der Waals surface area contributed by atoms with Crippen LogP contribution in [0, 0.1) is 12.3 Å². The minimum Gasteiger partial charge on any atom is -0.465 e. The van der Waals surface area contributed by atoms with Gasteiger partial charge in [-0.1, -0.05) is 26.4 Å². The fourth-order valence-corrected chi connectivity index (χ4v) is 3.23. The number of halogens is 9. The van der Waals surface area contributed by atoms with Crippen molar-refractivity contribution >= 4 is 11.7 Å². The molecule has 0 aliphatic carbocycles. The molecule has 1 aromatic carbocycles. The second kappa shape index (κ2) is 11.3. The summed E-state index contributed by atoms with van der Waals surface area (Å²) in [5, 5.41) is 3.24. The van der Waals surface area contributed by atoms with Crippen LogP contribution in [-0.2, 0) is 27.5 Å². The molecule has 0 saturated heterocycles. The number of rotatable bonds is 3. The number of carbonyl (C=O) groups is 1. The molecule has 0 amide bonds. The average Bonchev–Trinajstić information content (AvgIpc) is 3.30. The van der Waals surface area contributed by atoms with E-state index in [0.717, 1.165) is 19.2 Å². The Kier molecular flexibility index (Phi) is 9.61. The number of methoxy groups -OCH3 is 1. The molecule has 2 aromatic rings. The van der Waals surface area contributed by atoms with E-state index in [1.54, 1.807) is 0 Å². The maximum atomic E-state index is 14.1. The van der Waals surface area contributed by atoms with E-state index in [2.05, 4.69) is 19.7 Å². The van der Waals surface area contributed by atoms with Gasteiger partial charge in [0.1, 0.15) is 11.4 Å². The van der Waals surface area contributed by atoms with Crippen LogP contribution in [0.1, 0.15) is 66.1 Å². The number of alkyl halides is 9. The standard InChI is InChI=1S/C21H11F9N2O3.C2H6.CH4/c1-3-14-13(17(33)34-2)4-5-15(31-14)16-9-18(35-32-16,21(28,29)30)10-6-11(19(22,23)24)8-12(7-10)20(25,26)27;1-2;/h1,4-8H,9H2,2H3;1-2H3;1H4. The Morgan fingerprint density at radius 3 is 1.95 bits per heavy atom. The van der Waals surface area contributed by atoms with E-state index >= 15 is 0 Å². The molecule has 0 bridgehead atoms. The first-order valence-corrected chi connectivity index (χ1v) is 10.2. The minimum absolute atomic E-state index is 0. The molecule has 1 aliphatic rings. The molecule has 5 nitrogen and oxygen atoms in total. The number of nitrogens with zero attached hydrogens (tertiary/aromatic N) is 2. The molecule has 0 spiro atoms.